The second-order valence-electron chi connectivity index (χ2n) is 3.61. The van der Waals surface area contributed by atoms with Crippen LogP contribution < -0.4 is 17.2 Å². The largest absolute Gasteiger partial charge is 0.370 e. The summed E-state index contributed by atoms with van der Waals surface area (Å²) in [7, 11) is 0. The molecule has 5 heteroatoms. The first kappa shape index (κ1) is 12.0. The van der Waals surface area contributed by atoms with Gasteiger partial charge in [0, 0.05) is 0 Å². The molecule has 0 bridgehead atoms. The van der Waals surface area contributed by atoms with Crippen molar-refractivity contribution in [2.45, 2.75) is 19.9 Å². The first-order chi connectivity index (χ1) is 7.49. The van der Waals surface area contributed by atoms with Gasteiger partial charge in [-0.05, 0) is 19.4 Å². The maximum atomic E-state index is 5.55. The first-order valence-corrected chi connectivity index (χ1v) is 4.98. The standard InChI is InChI=1S/C11H17N5/c1-7-3-5-9(6-4-7)8(2)15-11(14)16-10(12)13/h3-6,8H,1-2H3,(H6,12,13,14,15,16). The SMILES string of the molecule is Cc1ccc(C(C)N=C(N)N=C(N)N)cc1. The third-order valence-corrected chi connectivity index (χ3v) is 2.13. The lowest BCUT2D eigenvalue weighted by atomic mass is 10.1. The van der Waals surface area contributed by atoms with E-state index in [1.807, 2.05) is 38.1 Å². The number of guanidine groups is 2. The number of nitrogens with zero attached hydrogens (tertiary/aromatic N) is 2. The third kappa shape index (κ3) is 3.61. The van der Waals surface area contributed by atoms with Crippen LogP contribution in [0.3, 0.4) is 0 Å². The molecule has 0 fully saturated rings. The molecule has 0 amide bonds. The van der Waals surface area contributed by atoms with E-state index >= 15 is 0 Å². The molecule has 86 valence electrons. The second-order valence-corrected chi connectivity index (χ2v) is 3.61. The minimum atomic E-state index is -0.0858. The quantitative estimate of drug-likeness (QED) is 0.502. The number of aliphatic imine (C=N–C) groups is 2. The fraction of sp³-hybridized carbons (Fsp3) is 0.273. The van der Waals surface area contributed by atoms with Crippen LogP contribution in [0.5, 0.6) is 0 Å². The zero-order chi connectivity index (χ0) is 12.1. The maximum absolute atomic E-state index is 5.55. The van der Waals surface area contributed by atoms with E-state index in [1.54, 1.807) is 0 Å². The van der Waals surface area contributed by atoms with Gasteiger partial charge in [-0.1, -0.05) is 29.8 Å². The molecule has 1 aromatic rings. The Labute approximate surface area is 95.1 Å². The summed E-state index contributed by atoms with van der Waals surface area (Å²) in [6.45, 7) is 3.96. The molecule has 0 saturated carbocycles. The Bertz CT molecular complexity index is 401. The van der Waals surface area contributed by atoms with E-state index in [2.05, 4.69) is 9.98 Å². The Kier molecular flexibility index (Phi) is 3.88. The molecule has 5 nitrogen and oxygen atoms in total. The van der Waals surface area contributed by atoms with Crippen molar-refractivity contribution >= 4 is 11.9 Å². The molecule has 0 heterocycles. The summed E-state index contributed by atoms with van der Waals surface area (Å²) in [5.74, 6) is 0.00503. The molecular formula is C11H17N5. The van der Waals surface area contributed by atoms with E-state index < -0.39 is 0 Å². The van der Waals surface area contributed by atoms with E-state index in [-0.39, 0.29) is 18.0 Å². The number of benzene rings is 1. The number of rotatable bonds is 2. The third-order valence-electron chi connectivity index (χ3n) is 2.13. The lowest BCUT2D eigenvalue weighted by Gasteiger charge is -2.07. The summed E-state index contributed by atoms with van der Waals surface area (Å²) >= 11 is 0. The van der Waals surface area contributed by atoms with Gasteiger partial charge in [-0.15, -0.1) is 0 Å². The molecule has 1 atom stereocenters. The zero-order valence-electron chi connectivity index (χ0n) is 9.51. The Hall–Kier alpha value is -2.04. The van der Waals surface area contributed by atoms with Crippen molar-refractivity contribution in [2.75, 3.05) is 0 Å². The van der Waals surface area contributed by atoms with Crippen LogP contribution >= 0.6 is 0 Å². The van der Waals surface area contributed by atoms with E-state index in [4.69, 9.17) is 17.2 Å². The summed E-state index contributed by atoms with van der Waals surface area (Å²) in [4.78, 5) is 7.82. The number of aryl methyl sites for hydroxylation is 1. The summed E-state index contributed by atoms with van der Waals surface area (Å²) in [6.07, 6.45) is 0. The normalized spacial score (nSPS) is 13.2. The molecule has 0 saturated heterocycles. The van der Waals surface area contributed by atoms with Gasteiger partial charge in [-0.3, -0.25) is 0 Å². The highest BCUT2D eigenvalue weighted by molar-refractivity contribution is 5.92. The van der Waals surface area contributed by atoms with Gasteiger partial charge in [0.25, 0.3) is 0 Å². The van der Waals surface area contributed by atoms with E-state index in [0.717, 1.165) is 5.56 Å². The molecule has 16 heavy (non-hydrogen) atoms. The highest BCUT2D eigenvalue weighted by atomic mass is 15.1. The lowest BCUT2D eigenvalue weighted by Crippen LogP contribution is -2.26. The topological polar surface area (TPSA) is 103 Å². The van der Waals surface area contributed by atoms with Crippen molar-refractivity contribution in [1.29, 1.82) is 0 Å². The van der Waals surface area contributed by atoms with Crippen LogP contribution in [0.25, 0.3) is 0 Å². The molecule has 1 unspecified atom stereocenters. The van der Waals surface area contributed by atoms with Crippen LogP contribution in [0.4, 0.5) is 0 Å². The van der Waals surface area contributed by atoms with Gasteiger partial charge in [0.2, 0.25) is 5.96 Å². The average molecular weight is 219 g/mol. The zero-order valence-corrected chi connectivity index (χ0v) is 9.51. The van der Waals surface area contributed by atoms with Crippen LogP contribution in [-0.2, 0) is 0 Å². The van der Waals surface area contributed by atoms with Crippen molar-refractivity contribution in [3.8, 4) is 0 Å². The number of hydrogen-bond donors (Lipinski definition) is 3. The van der Waals surface area contributed by atoms with Gasteiger partial charge in [0.1, 0.15) is 0 Å². The average Bonchev–Trinajstić information content (AvgIpc) is 2.16. The van der Waals surface area contributed by atoms with Crippen molar-refractivity contribution < 1.29 is 0 Å². The first-order valence-electron chi connectivity index (χ1n) is 4.98. The van der Waals surface area contributed by atoms with Gasteiger partial charge in [-0.25, -0.2) is 4.99 Å². The summed E-state index contributed by atoms with van der Waals surface area (Å²) < 4.78 is 0. The highest BCUT2D eigenvalue weighted by Crippen LogP contribution is 2.16. The fourth-order valence-electron chi connectivity index (χ4n) is 1.28. The Morgan fingerprint density at radius 3 is 2.19 bits per heavy atom. The predicted octanol–water partition coefficient (Wildman–Crippen LogP) is 0.644. The molecule has 0 radical (unpaired) electrons. The van der Waals surface area contributed by atoms with Gasteiger partial charge < -0.3 is 17.2 Å². The second kappa shape index (κ2) is 5.16. The van der Waals surface area contributed by atoms with Gasteiger partial charge in [0.05, 0.1) is 6.04 Å². The van der Waals surface area contributed by atoms with Crippen molar-refractivity contribution in [3.63, 3.8) is 0 Å². The minimum absolute atomic E-state index is 0.0660. The number of nitrogens with two attached hydrogens (primary N) is 3. The summed E-state index contributed by atoms with van der Waals surface area (Å²) in [6, 6.07) is 8.00. The van der Waals surface area contributed by atoms with Crippen LogP contribution in [0, 0.1) is 6.92 Å². The molecule has 1 aromatic carbocycles. The monoisotopic (exact) mass is 219 g/mol. The Morgan fingerprint density at radius 2 is 1.69 bits per heavy atom. The van der Waals surface area contributed by atoms with Gasteiger partial charge in [0.15, 0.2) is 5.96 Å². The molecule has 0 aliphatic carbocycles. The van der Waals surface area contributed by atoms with E-state index in [0.29, 0.717) is 0 Å². The predicted molar refractivity (Wildman–Crippen MR) is 67.0 cm³/mol. The van der Waals surface area contributed by atoms with Crippen molar-refractivity contribution in [1.82, 2.24) is 0 Å². The number of hydrogen-bond acceptors (Lipinski definition) is 1. The van der Waals surface area contributed by atoms with Crippen molar-refractivity contribution in [2.24, 2.45) is 27.2 Å². The fourth-order valence-corrected chi connectivity index (χ4v) is 1.28. The van der Waals surface area contributed by atoms with Gasteiger partial charge in [-0.2, -0.15) is 4.99 Å². The molecule has 0 aliphatic rings. The maximum Gasteiger partial charge on any atom is 0.219 e. The molecule has 0 aliphatic heterocycles. The molecule has 0 aromatic heterocycles. The highest BCUT2D eigenvalue weighted by Gasteiger charge is 2.03. The van der Waals surface area contributed by atoms with Gasteiger partial charge >= 0.3 is 0 Å². The van der Waals surface area contributed by atoms with Crippen LogP contribution in [0.2, 0.25) is 0 Å². The summed E-state index contributed by atoms with van der Waals surface area (Å²) in [5, 5.41) is 0. The Morgan fingerprint density at radius 1 is 1.12 bits per heavy atom. The molecular weight excluding hydrogens is 202 g/mol. The molecule has 0 spiro atoms. The molecule has 1 rings (SSSR count). The van der Waals surface area contributed by atoms with Crippen molar-refractivity contribution in [3.05, 3.63) is 35.4 Å². The van der Waals surface area contributed by atoms with Crippen LogP contribution in [-0.4, -0.2) is 11.9 Å². The van der Waals surface area contributed by atoms with Crippen LogP contribution in [0.1, 0.15) is 24.1 Å². The summed E-state index contributed by atoms with van der Waals surface area (Å²) in [5.41, 5.74) is 18.2. The smallest absolute Gasteiger partial charge is 0.219 e. The lowest BCUT2D eigenvalue weighted by molar-refractivity contribution is 0.815. The Balaban J connectivity index is 2.83. The van der Waals surface area contributed by atoms with Crippen LogP contribution in [0.15, 0.2) is 34.3 Å². The van der Waals surface area contributed by atoms with E-state index in [9.17, 15) is 0 Å². The molecule has 6 N–H and O–H groups in total. The minimum Gasteiger partial charge on any atom is -0.370 e. The van der Waals surface area contributed by atoms with E-state index in [1.165, 1.54) is 5.56 Å².